The molecule has 0 aliphatic rings. The van der Waals surface area contributed by atoms with E-state index < -0.39 is 6.09 Å². The largest absolute Gasteiger partial charge is 0.447 e. The van der Waals surface area contributed by atoms with E-state index in [1.165, 1.54) is 0 Å². The van der Waals surface area contributed by atoms with Crippen LogP contribution < -0.4 is 9.86 Å². The molecule has 6 nitrogen and oxygen atoms in total. The summed E-state index contributed by atoms with van der Waals surface area (Å²) in [5.41, 5.74) is 0.413. The second-order valence-corrected chi connectivity index (χ2v) is 3.78. The molecule has 1 aromatic heterocycles. The van der Waals surface area contributed by atoms with Gasteiger partial charge in [-0.2, -0.15) is 0 Å². The van der Waals surface area contributed by atoms with Crippen LogP contribution in [-0.4, -0.2) is 16.7 Å². The minimum Gasteiger partial charge on any atom is -0.447 e. The van der Waals surface area contributed by atoms with Crippen molar-refractivity contribution in [2.75, 3.05) is 5.32 Å². The van der Waals surface area contributed by atoms with Crippen LogP contribution in [0.3, 0.4) is 0 Å². The lowest BCUT2D eigenvalue weighted by molar-refractivity contribution is -0.560. The lowest BCUT2D eigenvalue weighted by Crippen LogP contribution is -2.21. The van der Waals surface area contributed by atoms with E-state index in [0.717, 1.165) is 11.5 Å². The molecule has 0 aromatic carbocycles. The second kappa shape index (κ2) is 4.23. The summed E-state index contributed by atoms with van der Waals surface area (Å²) in [7, 11) is 0. The first-order valence-corrected chi connectivity index (χ1v) is 4.90. The normalized spacial score (nSPS) is 10.3. The van der Waals surface area contributed by atoms with Crippen LogP contribution in [0.4, 0.5) is 9.80 Å². The summed E-state index contributed by atoms with van der Waals surface area (Å²) in [5, 5.41) is 2.93. The minimum absolute atomic E-state index is 0.182. The number of ether oxygens (including phenoxy) is 1. The Hall–Kier alpha value is -1.37. The summed E-state index contributed by atoms with van der Waals surface area (Å²) in [4.78, 5) is 22.1. The first-order chi connectivity index (χ1) is 6.50. The topological polar surface area (TPSA) is 77.1 Å². The Morgan fingerprint density at radius 3 is 2.71 bits per heavy atom. The van der Waals surface area contributed by atoms with Gasteiger partial charge >= 0.3 is 11.8 Å². The van der Waals surface area contributed by atoms with Crippen LogP contribution in [0.25, 0.3) is 0 Å². The average molecular weight is 218 g/mol. The molecule has 2 N–H and O–H groups in total. The molecule has 0 bridgehead atoms. The smallest absolute Gasteiger partial charge is 0.412 e. The van der Waals surface area contributed by atoms with E-state index in [0.29, 0.717) is 15.2 Å². The molecule has 0 radical (unpaired) electrons. The number of H-pyrrole nitrogens is 1. The van der Waals surface area contributed by atoms with E-state index in [1.807, 2.05) is 0 Å². The summed E-state index contributed by atoms with van der Waals surface area (Å²) in [6.07, 6.45) is -0.738. The number of hydrogen-bond acceptors (Lipinski definition) is 4. The zero-order valence-corrected chi connectivity index (χ0v) is 8.97. The number of aromatic nitrogens is 2. The minimum atomic E-state index is -0.557. The van der Waals surface area contributed by atoms with E-state index in [4.69, 9.17) is 4.74 Å². The van der Waals surface area contributed by atoms with Crippen LogP contribution in [0.1, 0.15) is 19.5 Å². The van der Waals surface area contributed by atoms with E-state index in [-0.39, 0.29) is 6.10 Å². The maximum absolute atomic E-state index is 11.1. The number of nitrogens with one attached hydrogen (secondary N) is 2. The van der Waals surface area contributed by atoms with Gasteiger partial charge in [0.1, 0.15) is 0 Å². The van der Waals surface area contributed by atoms with Gasteiger partial charge < -0.3 is 4.74 Å². The molecule has 0 fully saturated rings. The summed E-state index contributed by atoms with van der Waals surface area (Å²) >= 11 is 1.05. The van der Waals surface area contributed by atoms with Gasteiger partial charge in [-0.15, -0.1) is 0 Å². The Kier molecular flexibility index (Phi) is 3.23. The monoisotopic (exact) mass is 218 g/mol. The lowest BCUT2D eigenvalue weighted by Gasteiger charge is -2.06. The number of rotatable bonds is 2. The molecule has 1 aromatic rings. The first kappa shape index (κ1) is 10.7. The average Bonchev–Trinajstić information content (AvgIpc) is 2.34. The van der Waals surface area contributed by atoms with Gasteiger partial charge in [0.15, 0.2) is 9.54 Å². The highest BCUT2D eigenvalue weighted by atomic mass is 32.1. The maximum Gasteiger partial charge on any atom is 0.412 e. The number of aromatic amines is 1. The molecule has 0 saturated heterocycles. The van der Waals surface area contributed by atoms with E-state index >= 15 is 0 Å². The van der Waals surface area contributed by atoms with Crippen molar-refractivity contribution in [1.29, 1.82) is 0 Å². The molecule has 14 heavy (non-hydrogen) atoms. The van der Waals surface area contributed by atoms with Crippen molar-refractivity contribution in [2.45, 2.75) is 26.9 Å². The molecule has 0 aliphatic heterocycles. The molecule has 0 spiro atoms. The summed E-state index contributed by atoms with van der Waals surface area (Å²) in [6.45, 7) is 5.10. The Morgan fingerprint density at radius 1 is 1.64 bits per heavy atom. The fourth-order valence-corrected chi connectivity index (χ4v) is 1.45. The number of carbonyl (C=O) groups is 1. The highest BCUT2D eigenvalue weighted by molar-refractivity contribution is 7.10. The maximum atomic E-state index is 11.1. The highest BCUT2D eigenvalue weighted by Gasteiger charge is 2.17. The molecule has 0 saturated carbocycles. The fraction of sp³-hybridized carbons (Fsp3) is 0.571. The Morgan fingerprint density at radius 2 is 2.29 bits per heavy atom. The molecule has 7 heteroatoms. The van der Waals surface area contributed by atoms with Gasteiger partial charge in [0, 0.05) is 18.5 Å². The number of carbonyl (C=O) groups excluding carboxylic acids is 1. The predicted octanol–water partition coefficient (Wildman–Crippen LogP) is 1.26. The van der Waals surface area contributed by atoms with Crippen molar-refractivity contribution < 1.29 is 14.1 Å². The van der Waals surface area contributed by atoms with Crippen LogP contribution in [0.15, 0.2) is 0 Å². The van der Waals surface area contributed by atoms with Crippen LogP contribution in [0.2, 0.25) is 0 Å². The fourth-order valence-electron chi connectivity index (χ4n) is 0.774. The number of hydrogen-bond donors (Lipinski definition) is 2. The molecule has 1 heterocycles. The molecule has 0 atom stereocenters. The van der Waals surface area contributed by atoms with Crippen LogP contribution in [0.5, 0.6) is 0 Å². The first-order valence-electron chi connectivity index (χ1n) is 4.09. The van der Waals surface area contributed by atoms with Gasteiger partial charge in [0.2, 0.25) is 0 Å². The van der Waals surface area contributed by atoms with Crippen molar-refractivity contribution in [3.8, 4) is 0 Å². The molecule has 78 valence electrons. The molecular formula is C7H12N3O3S+. The standard InChI is InChI=1S/C7H11N3O3S/c1-4(2)13-7(11)8-6-5(3)10(12)9-14-6/h4H,1-3H3,(H-,8,9,11,12)/p+1. The van der Waals surface area contributed by atoms with Crippen LogP contribution in [-0.2, 0) is 4.74 Å². The van der Waals surface area contributed by atoms with E-state index in [2.05, 4.69) is 9.81 Å². The third-order valence-electron chi connectivity index (χ3n) is 1.42. The lowest BCUT2D eigenvalue weighted by atomic mass is 10.5. The zero-order chi connectivity index (χ0) is 10.7. The molecule has 0 unspecified atom stereocenters. The Bertz CT molecular complexity index is 382. The summed E-state index contributed by atoms with van der Waals surface area (Å²) < 4.78 is 7.86. The van der Waals surface area contributed by atoms with Gasteiger partial charge in [-0.05, 0) is 13.8 Å². The van der Waals surface area contributed by atoms with Crippen molar-refractivity contribution in [2.24, 2.45) is 0 Å². The number of anilines is 1. The van der Waals surface area contributed by atoms with Crippen molar-refractivity contribution >= 4 is 22.6 Å². The third-order valence-corrected chi connectivity index (χ3v) is 2.28. The number of amides is 1. The van der Waals surface area contributed by atoms with Gasteiger partial charge in [0.25, 0.3) is 0 Å². The molecule has 1 rings (SSSR count). The van der Waals surface area contributed by atoms with Crippen molar-refractivity contribution in [1.82, 2.24) is 4.49 Å². The zero-order valence-electron chi connectivity index (χ0n) is 8.16. The van der Waals surface area contributed by atoms with Gasteiger partial charge in [0.05, 0.1) is 11.0 Å². The second-order valence-electron chi connectivity index (χ2n) is 2.98. The molecule has 1 amide bonds. The van der Waals surface area contributed by atoms with E-state index in [9.17, 15) is 9.70 Å². The SMILES string of the molecule is Cc1c(NC(=O)OC(C)C)s[nH][n+]1=O. The quantitative estimate of drug-likeness (QED) is 0.733. The summed E-state index contributed by atoms with van der Waals surface area (Å²) in [5.74, 6) is 0. The van der Waals surface area contributed by atoms with Crippen LogP contribution >= 0.6 is 11.5 Å². The summed E-state index contributed by atoms with van der Waals surface area (Å²) in [6, 6.07) is 0. The Labute approximate surface area is 84.6 Å². The van der Waals surface area contributed by atoms with E-state index in [1.54, 1.807) is 20.8 Å². The van der Waals surface area contributed by atoms with Gasteiger partial charge in [-0.25, -0.2) is 4.79 Å². The van der Waals surface area contributed by atoms with Crippen molar-refractivity contribution in [3.63, 3.8) is 0 Å². The molecule has 0 aliphatic carbocycles. The van der Waals surface area contributed by atoms with Crippen molar-refractivity contribution in [3.05, 3.63) is 10.6 Å². The van der Waals surface area contributed by atoms with Gasteiger partial charge in [-0.1, -0.05) is 4.49 Å². The number of nitrogens with zero attached hydrogens (tertiary/aromatic N) is 1. The third kappa shape index (κ3) is 2.56. The predicted molar refractivity (Wildman–Crippen MR) is 52.0 cm³/mol. The highest BCUT2D eigenvalue weighted by Crippen LogP contribution is 2.14. The molecular weight excluding hydrogens is 206 g/mol. The van der Waals surface area contributed by atoms with Gasteiger partial charge in [-0.3, -0.25) is 5.32 Å². The van der Waals surface area contributed by atoms with Crippen LogP contribution in [0, 0.1) is 11.8 Å². The Balaban J connectivity index is 2.65.